The lowest BCUT2D eigenvalue weighted by atomic mass is 10.0. The second kappa shape index (κ2) is 12.9. The van der Waals surface area contributed by atoms with Crippen molar-refractivity contribution in [2.24, 2.45) is 0 Å². The number of pyridine rings is 1. The zero-order valence-corrected chi connectivity index (χ0v) is 24.6. The van der Waals surface area contributed by atoms with E-state index in [0.717, 1.165) is 17.8 Å². The average molecular weight is 644 g/mol. The Labute approximate surface area is 252 Å². The van der Waals surface area contributed by atoms with Crippen molar-refractivity contribution in [1.82, 2.24) is 15.2 Å². The standard InChI is InChI=1S/C27H23Cl3F2N4O4S/c1-33-6-3-7-35(14-38)20-9-16-12-36(11-15(16)8-17(20)13-37)26(40)23-21(10-22(27(30,31)32)34-25(23)39)41-24-18(28)4-2-5-19(24)29/h2,4-5,8-10,13-14,33H,3,6-7,11-12H2,1H3,(H,34,39). The molecule has 0 bridgehead atoms. The van der Waals surface area contributed by atoms with Gasteiger partial charge in [-0.05, 0) is 73.1 Å². The Hall–Kier alpha value is -2.96. The topological polar surface area (TPSA) is 103 Å². The lowest BCUT2D eigenvalue weighted by Gasteiger charge is -2.20. The Morgan fingerprint density at radius 2 is 1.83 bits per heavy atom. The summed E-state index contributed by atoms with van der Waals surface area (Å²) in [6.07, 6.45) is 1.91. The molecule has 2 heterocycles. The number of nitrogens with one attached hydrogen (secondary N) is 2. The van der Waals surface area contributed by atoms with Crippen molar-refractivity contribution in [2.45, 2.75) is 34.7 Å². The van der Waals surface area contributed by atoms with Crippen molar-refractivity contribution >= 4 is 70.9 Å². The highest BCUT2D eigenvalue weighted by Gasteiger charge is 2.34. The van der Waals surface area contributed by atoms with Crippen LogP contribution in [-0.4, -0.2) is 48.6 Å². The SMILES string of the molecule is CNCCCN(C=O)c1cc2c(cc1C=O)CN(C(=O)c1c(Sc3c(Cl)cccc3Cl)cc(C(F)(F)Cl)[nH]c1=O)C2. The van der Waals surface area contributed by atoms with Gasteiger partial charge < -0.3 is 20.1 Å². The van der Waals surface area contributed by atoms with Crippen molar-refractivity contribution < 1.29 is 23.2 Å². The van der Waals surface area contributed by atoms with Gasteiger partial charge in [-0.2, -0.15) is 8.78 Å². The van der Waals surface area contributed by atoms with Gasteiger partial charge >= 0.3 is 5.38 Å². The van der Waals surface area contributed by atoms with Gasteiger partial charge in [-0.15, -0.1) is 0 Å². The van der Waals surface area contributed by atoms with E-state index in [9.17, 15) is 28.0 Å². The monoisotopic (exact) mass is 642 g/mol. The number of hydrogen-bond donors (Lipinski definition) is 2. The number of H-pyrrole nitrogens is 1. The predicted molar refractivity (Wildman–Crippen MR) is 155 cm³/mol. The highest BCUT2D eigenvalue weighted by atomic mass is 35.5. The number of halogens is 5. The molecule has 0 fully saturated rings. The summed E-state index contributed by atoms with van der Waals surface area (Å²) in [5.74, 6) is -0.743. The van der Waals surface area contributed by atoms with Crippen molar-refractivity contribution in [3.8, 4) is 0 Å². The van der Waals surface area contributed by atoms with E-state index >= 15 is 0 Å². The van der Waals surface area contributed by atoms with Gasteiger partial charge in [0.05, 0.1) is 15.7 Å². The summed E-state index contributed by atoms with van der Waals surface area (Å²) in [6.45, 7) is 1.12. The van der Waals surface area contributed by atoms with Gasteiger partial charge in [0.2, 0.25) is 6.41 Å². The van der Waals surface area contributed by atoms with Crippen molar-refractivity contribution in [3.63, 3.8) is 0 Å². The number of nitrogens with zero attached hydrogens (tertiary/aromatic N) is 2. The van der Waals surface area contributed by atoms with E-state index in [-0.39, 0.29) is 38.5 Å². The van der Waals surface area contributed by atoms with E-state index in [1.807, 2.05) is 4.98 Å². The van der Waals surface area contributed by atoms with E-state index in [1.54, 1.807) is 25.2 Å². The molecule has 3 aromatic rings. The lowest BCUT2D eigenvalue weighted by Crippen LogP contribution is -2.32. The van der Waals surface area contributed by atoms with Crippen LogP contribution in [-0.2, 0) is 23.3 Å². The van der Waals surface area contributed by atoms with Crippen LogP contribution < -0.4 is 15.8 Å². The first kappa shape index (κ1) is 31.0. The number of aromatic nitrogens is 1. The smallest absolute Gasteiger partial charge is 0.330 e. The molecule has 2 N–H and O–H groups in total. The van der Waals surface area contributed by atoms with Crippen LogP contribution in [0.4, 0.5) is 14.5 Å². The number of carbonyl (C=O) groups is 3. The largest absolute Gasteiger partial charge is 0.362 e. The number of alkyl halides is 3. The second-order valence-corrected chi connectivity index (χ2v) is 11.5. The van der Waals surface area contributed by atoms with E-state index < -0.39 is 28.1 Å². The van der Waals surface area contributed by atoms with Crippen LogP contribution in [0.3, 0.4) is 0 Å². The third-order valence-electron chi connectivity index (χ3n) is 6.40. The lowest BCUT2D eigenvalue weighted by molar-refractivity contribution is -0.107. The molecule has 0 unspecified atom stereocenters. The quantitative estimate of drug-likeness (QED) is 0.159. The van der Waals surface area contributed by atoms with Crippen LogP contribution in [0.1, 0.15) is 44.0 Å². The molecule has 1 aliphatic rings. The third-order valence-corrected chi connectivity index (χ3v) is 8.64. The van der Waals surface area contributed by atoms with Crippen molar-refractivity contribution in [3.05, 3.63) is 84.7 Å². The van der Waals surface area contributed by atoms with Crippen LogP contribution in [0.15, 0.2) is 51.0 Å². The fraction of sp³-hybridized carbons (Fsp3) is 0.259. The van der Waals surface area contributed by atoms with Crippen molar-refractivity contribution in [2.75, 3.05) is 25.0 Å². The maximum atomic E-state index is 14.0. The second-order valence-electron chi connectivity index (χ2n) is 9.12. The highest BCUT2D eigenvalue weighted by molar-refractivity contribution is 7.99. The van der Waals surface area contributed by atoms with Gasteiger partial charge in [0.15, 0.2) is 6.29 Å². The van der Waals surface area contributed by atoms with E-state index in [0.29, 0.717) is 49.0 Å². The molecule has 0 radical (unpaired) electrons. The summed E-state index contributed by atoms with van der Waals surface area (Å²) in [7, 11) is 1.79. The molecule has 2 aromatic carbocycles. The number of benzene rings is 2. The van der Waals surface area contributed by atoms with Crippen molar-refractivity contribution in [1.29, 1.82) is 0 Å². The third kappa shape index (κ3) is 6.76. The van der Waals surface area contributed by atoms with Crippen LogP contribution in [0.25, 0.3) is 0 Å². The zero-order chi connectivity index (χ0) is 29.9. The molecule has 0 atom stereocenters. The summed E-state index contributed by atoms with van der Waals surface area (Å²) in [4.78, 5) is 55.4. The number of amides is 2. The molecule has 4 rings (SSSR count). The molecule has 14 heteroatoms. The molecule has 1 aromatic heterocycles. The molecule has 0 aliphatic carbocycles. The average Bonchev–Trinajstić information content (AvgIpc) is 3.34. The van der Waals surface area contributed by atoms with Crippen LogP contribution >= 0.6 is 46.6 Å². The Morgan fingerprint density at radius 3 is 2.41 bits per heavy atom. The maximum Gasteiger partial charge on any atom is 0.362 e. The first-order valence-electron chi connectivity index (χ1n) is 12.2. The molecule has 0 saturated carbocycles. The molecule has 1 aliphatic heterocycles. The number of carbonyl (C=O) groups excluding carboxylic acids is 3. The summed E-state index contributed by atoms with van der Waals surface area (Å²) < 4.78 is 28.0. The minimum Gasteiger partial charge on any atom is -0.330 e. The first-order chi connectivity index (χ1) is 19.5. The number of anilines is 1. The number of fused-ring (bicyclic) bond motifs is 1. The highest BCUT2D eigenvalue weighted by Crippen LogP contribution is 2.42. The fourth-order valence-electron chi connectivity index (χ4n) is 4.42. The molecule has 8 nitrogen and oxygen atoms in total. The van der Waals surface area contributed by atoms with Gasteiger partial charge in [-0.25, -0.2) is 0 Å². The summed E-state index contributed by atoms with van der Waals surface area (Å²) in [5.41, 5.74) is -0.386. The molecule has 41 heavy (non-hydrogen) atoms. The number of rotatable bonds is 11. The molecule has 2 amide bonds. The minimum absolute atomic E-state index is 0.0416. The van der Waals surface area contributed by atoms with Gasteiger partial charge in [0, 0.05) is 35.0 Å². The van der Waals surface area contributed by atoms with Gasteiger partial charge in [0.25, 0.3) is 11.5 Å². The van der Waals surface area contributed by atoms with E-state index in [2.05, 4.69) is 5.32 Å². The normalized spacial score (nSPS) is 12.8. The Morgan fingerprint density at radius 1 is 1.17 bits per heavy atom. The van der Waals surface area contributed by atoms with E-state index in [1.165, 1.54) is 21.9 Å². The zero-order valence-electron chi connectivity index (χ0n) is 21.5. The summed E-state index contributed by atoms with van der Waals surface area (Å²) in [5, 5.41) is -0.534. The summed E-state index contributed by atoms with van der Waals surface area (Å²) >= 11 is 18.5. The predicted octanol–water partition coefficient (Wildman–Crippen LogP) is 5.66. The number of hydrogen-bond acceptors (Lipinski definition) is 6. The molecule has 216 valence electrons. The van der Waals surface area contributed by atoms with Crippen LogP contribution in [0.5, 0.6) is 0 Å². The molecule has 0 spiro atoms. The van der Waals surface area contributed by atoms with Crippen LogP contribution in [0.2, 0.25) is 10.0 Å². The molecular formula is C27H23Cl3F2N4O4S. The molecular weight excluding hydrogens is 621 g/mol. The Kier molecular flexibility index (Phi) is 9.76. The fourth-order valence-corrected chi connectivity index (χ4v) is 6.16. The maximum absolute atomic E-state index is 14.0. The van der Waals surface area contributed by atoms with E-state index in [4.69, 9.17) is 34.8 Å². The number of aromatic amines is 1. The minimum atomic E-state index is -3.91. The Balaban J connectivity index is 1.72. The van der Waals surface area contributed by atoms with Gasteiger partial charge in [-0.3, -0.25) is 19.2 Å². The first-order valence-corrected chi connectivity index (χ1v) is 14.2. The molecule has 0 saturated heterocycles. The van der Waals surface area contributed by atoms with Crippen LogP contribution in [0, 0.1) is 0 Å². The Bertz CT molecular complexity index is 1540. The number of aldehydes is 1. The van der Waals surface area contributed by atoms with Gasteiger partial charge in [-0.1, -0.05) is 41.0 Å². The van der Waals surface area contributed by atoms with Gasteiger partial charge in [0.1, 0.15) is 11.3 Å². The summed E-state index contributed by atoms with van der Waals surface area (Å²) in [6, 6.07) is 8.84.